The molecule has 0 spiro atoms. The molecule has 1 heterocycles. The summed E-state index contributed by atoms with van der Waals surface area (Å²) in [4.78, 5) is 0. The van der Waals surface area contributed by atoms with E-state index in [0.29, 0.717) is 6.10 Å². The van der Waals surface area contributed by atoms with Gasteiger partial charge in [0.1, 0.15) is 0 Å². The molecule has 0 N–H and O–H groups in total. The Morgan fingerprint density at radius 1 is 1.20 bits per heavy atom. The summed E-state index contributed by atoms with van der Waals surface area (Å²) in [6.45, 7) is 2.58. The molecule has 0 amide bonds. The number of hydrogen-bond donors (Lipinski definition) is 0. The van der Waals surface area contributed by atoms with Crippen molar-refractivity contribution >= 4 is 0 Å². The van der Waals surface area contributed by atoms with Gasteiger partial charge in [0.05, 0.1) is 19.3 Å². The number of hydrogen-bond acceptors (Lipinski definition) is 2. The molecule has 0 bridgehead atoms. The number of rotatable bonds is 7. The topological polar surface area (TPSA) is 21.8 Å². The Hall–Kier alpha value is -0.860. The van der Waals surface area contributed by atoms with Crippen molar-refractivity contribution in [1.82, 2.24) is 0 Å². The van der Waals surface area contributed by atoms with Gasteiger partial charge in [-0.05, 0) is 24.8 Å². The van der Waals surface area contributed by atoms with Crippen molar-refractivity contribution in [2.45, 2.75) is 32.0 Å². The van der Waals surface area contributed by atoms with Crippen LogP contribution < -0.4 is 0 Å². The number of epoxide rings is 1. The molecule has 1 aromatic rings. The lowest BCUT2D eigenvalue weighted by molar-refractivity contribution is 0.116. The van der Waals surface area contributed by atoms with Crippen molar-refractivity contribution in [3.8, 4) is 0 Å². The third kappa shape index (κ3) is 4.45. The fourth-order valence-electron chi connectivity index (χ4n) is 1.58. The zero-order valence-electron chi connectivity index (χ0n) is 9.02. The number of ether oxygens (including phenoxy) is 2. The highest BCUT2D eigenvalue weighted by molar-refractivity contribution is 5.13. The Morgan fingerprint density at radius 2 is 2.00 bits per heavy atom. The summed E-state index contributed by atoms with van der Waals surface area (Å²) in [6, 6.07) is 10.3. The standard InChI is InChI=1S/C13H18O2/c1-2-6-12(7-3-1)10-14-9-5-4-8-13-11-15-13/h1-3,6-7,13H,4-5,8-11H2/t13-/m1/s1. The maximum absolute atomic E-state index is 5.58. The molecule has 2 nitrogen and oxygen atoms in total. The second-order valence-electron chi connectivity index (χ2n) is 3.99. The third-order valence-electron chi connectivity index (χ3n) is 2.58. The Labute approximate surface area is 91.2 Å². The molecule has 0 saturated carbocycles. The number of unbranched alkanes of at least 4 members (excludes halogenated alkanes) is 1. The SMILES string of the molecule is c1ccc(COCCCC[C@@H]2CO2)cc1. The van der Waals surface area contributed by atoms with Gasteiger partial charge in [0, 0.05) is 6.61 Å². The molecule has 0 aliphatic carbocycles. The minimum absolute atomic E-state index is 0.569. The zero-order chi connectivity index (χ0) is 10.3. The molecule has 82 valence electrons. The van der Waals surface area contributed by atoms with Gasteiger partial charge in [-0.3, -0.25) is 0 Å². The van der Waals surface area contributed by atoms with Crippen LogP contribution in [0.5, 0.6) is 0 Å². The van der Waals surface area contributed by atoms with Gasteiger partial charge in [0.25, 0.3) is 0 Å². The fourth-order valence-corrected chi connectivity index (χ4v) is 1.58. The quantitative estimate of drug-likeness (QED) is 0.505. The van der Waals surface area contributed by atoms with Crippen molar-refractivity contribution in [1.29, 1.82) is 0 Å². The molecule has 1 fully saturated rings. The molecule has 1 aliphatic rings. The van der Waals surface area contributed by atoms with Gasteiger partial charge >= 0.3 is 0 Å². The fraction of sp³-hybridized carbons (Fsp3) is 0.538. The molecule has 0 unspecified atom stereocenters. The highest BCUT2D eigenvalue weighted by Crippen LogP contribution is 2.16. The molecular weight excluding hydrogens is 188 g/mol. The van der Waals surface area contributed by atoms with E-state index in [1.807, 2.05) is 18.2 Å². The second-order valence-corrected chi connectivity index (χ2v) is 3.99. The van der Waals surface area contributed by atoms with Crippen molar-refractivity contribution in [2.75, 3.05) is 13.2 Å². The molecular formula is C13H18O2. The largest absolute Gasteiger partial charge is 0.377 e. The van der Waals surface area contributed by atoms with Crippen LogP contribution in [-0.2, 0) is 16.1 Å². The van der Waals surface area contributed by atoms with E-state index in [-0.39, 0.29) is 0 Å². The molecule has 2 rings (SSSR count). The maximum Gasteiger partial charge on any atom is 0.0810 e. The van der Waals surface area contributed by atoms with E-state index in [1.54, 1.807) is 0 Å². The van der Waals surface area contributed by atoms with Crippen LogP contribution in [0.1, 0.15) is 24.8 Å². The first-order valence-corrected chi connectivity index (χ1v) is 5.68. The molecule has 15 heavy (non-hydrogen) atoms. The third-order valence-corrected chi connectivity index (χ3v) is 2.58. The van der Waals surface area contributed by atoms with Crippen LogP contribution in [0, 0.1) is 0 Å². The average molecular weight is 206 g/mol. The lowest BCUT2D eigenvalue weighted by Crippen LogP contribution is -1.96. The smallest absolute Gasteiger partial charge is 0.0810 e. The average Bonchev–Trinajstić information content (AvgIpc) is 3.09. The van der Waals surface area contributed by atoms with Crippen LogP contribution in [-0.4, -0.2) is 19.3 Å². The Kier molecular flexibility index (Phi) is 4.18. The molecule has 0 radical (unpaired) electrons. The Bertz CT molecular complexity index is 267. The molecule has 1 atom stereocenters. The van der Waals surface area contributed by atoms with Crippen LogP contribution in [0.15, 0.2) is 30.3 Å². The van der Waals surface area contributed by atoms with Crippen molar-refractivity contribution in [3.63, 3.8) is 0 Å². The van der Waals surface area contributed by atoms with Gasteiger partial charge in [-0.25, -0.2) is 0 Å². The molecule has 0 aromatic heterocycles. The van der Waals surface area contributed by atoms with Crippen molar-refractivity contribution in [3.05, 3.63) is 35.9 Å². The molecule has 1 saturated heterocycles. The van der Waals surface area contributed by atoms with E-state index in [4.69, 9.17) is 9.47 Å². The van der Waals surface area contributed by atoms with E-state index >= 15 is 0 Å². The zero-order valence-corrected chi connectivity index (χ0v) is 9.02. The first kappa shape index (κ1) is 10.7. The molecule has 2 heteroatoms. The predicted octanol–water partition coefficient (Wildman–Crippen LogP) is 2.77. The predicted molar refractivity (Wildman–Crippen MR) is 59.7 cm³/mol. The maximum atomic E-state index is 5.58. The van der Waals surface area contributed by atoms with Gasteiger partial charge in [-0.1, -0.05) is 30.3 Å². The molecule has 1 aliphatic heterocycles. The monoisotopic (exact) mass is 206 g/mol. The van der Waals surface area contributed by atoms with Gasteiger partial charge < -0.3 is 9.47 Å². The Morgan fingerprint density at radius 3 is 2.73 bits per heavy atom. The first-order chi connectivity index (χ1) is 7.45. The lowest BCUT2D eigenvalue weighted by Gasteiger charge is -2.03. The van der Waals surface area contributed by atoms with Crippen molar-refractivity contribution in [2.24, 2.45) is 0 Å². The van der Waals surface area contributed by atoms with Crippen LogP contribution >= 0.6 is 0 Å². The summed E-state index contributed by atoms with van der Waals surface area (Å²) in [6.07, 6.45) is 4.14. The van der Waals surface area contributed by atoms with Gasteiger partial charge in [0.15, 0.2) is 0 Å². The summed E-state index contributed by atoms with van der Waals surface area (Å²) in [5.74, 6) is 0. The van der Waals surface area contributed by atoms with E-state index in [2.05, 4.69) is 12.1 Å². The van der Waals surface area contributed by atoms with Gasteiger partial charge in [-0.15, -0.1) is 0 Å². The summed E-state index contributed by atoms with van der Waals surface area (Å²) in [5, 5.41) is 0. The van der Waals surface area contributed by atoms with E-state index < -0.39 is 0 Å². The van der Waals surface area contributed by atoms with Crippen LogP contribution in [0.4, 0.5) is 0 Å². The summed E-state index contributed by atoms with van der Waals surface area (Å²) < 4.78 is 10.7. The van der Waals surface area contributed by atoms with E-state index in [1.165, 1.54) is 18.4 Å². The normalized spacial score (nSPS) is 19.1. The van der Waals surface area contributed by atoms with Crippen molar-refractivity contribution < 1.29 is 9.47 Å². The second kappa shape index (κ2) is 5.89. The summed E-state index contributed by atoms with van der Waals surface area (Å²) in [7, 11) is 0. The highest BCUT2D eigenvalue weighted by atomic mass is 16.6. The number of benzene rings is 1. The summed E-state index contributed by atoms with van der Waals surface area (Å²) >= 11 is 0. The van der Waals surface area contributed by atoms with E-state index in [0.717, 1.165) is 26.2 Å². The highest BCUT2D eigenvalue weighted by Gasteiger charge is 2.20. The van der Waals surface area contributed by atoms with Crippen LogP contribution in [0.2, 0.25) is 0 Å². The van der Waals surface area contributed by atoms with Crippen LogP contribution in [0.3, 0.4) is 0 Å². The van der Waals surface area contributed by atoms with Gasteiger partial charge in [-0.2, -0.15) is 0 Å². The Balaban J connectivity index is 1.47. The van der Waals surface area contributed by atoms with Crippen LogP contribution in [0.25, 0.3) is 0 Å². The minimum atomic E-state index is 0.569. The molecule has 1 aromatic carbocycles. The van der Waals surface area contributed by atoms with E-state index in [9.17, 15) is 0 Å². The minimum Gasteiger partial charge on any atom is -0.377 e. The first-order valence-electron chi connectivity index (χ1n) is 5.68. The van der Waals surface area contributed by atoms with Gasteiger partial charge in [0.2, 0.25) is 0 Å². The summed E-state index contributed by atoms with van der Waals surface area (Å²) in [5.41, 5.74) is 1.25. The lowest BCUT2D eigenvalue weighted by atomic mass is 10.2.